The first kappa shape index (κ1) is 26.9. The van der Waals surface area contributed by atoms with Crippen molar-refractivity contribution in [3.63, 3.8) is 0 Å². The van der Waals surface area contributed by atoms with Crippen molar-refractivity contribution in [3.8, 4) is 0 Å². The molecule has 0 radical (unpaired) electrons. The minimum Gasteiger partial charge on any atom is -0.444 e. The summed E-state index contributed by atoms with van der Waals surface area (Å²) in [6, 6.07) is 0.449. The summed E-state index contributed by atoms with van der Waals surface area (Å²) in [4.78, 5) is 38.9. The number of alkyl carbamates (subject to hydrolysis) is 1. The molecule has 2 aliphatic rings. The fourth-order valence-corrected chi connectivity index (χ4v) is 4.89. The highest BCUT2D eigenvalue weighted by Gasteiger charge is 2.50. The third-order valence-electron chi connectivity index (χ3n) is 6.83. The van der Waals surface area contributed by atoms with Crippen molar-refractivity contribution in [1.82, 2.24) is 20.4 Å². The summed E-state index contributed by atoms with van der Waals surface area (Å²) in [7, 11) is 1.71. The monoisotopic (exact) mass is 495 g/mol. The van der Waals surface area contributed by atoms with Crippen molar-refractivity contribution in [2.75, 3.05) is 11.9 Å². The van der Waals surface area contributed by atoms with Gasteiger partial charge < -0.3 is 25.8 Å². The highest BCUT2D eigenvalue weighted by molar-refractivity contribution is 5.94. The van der Waals surface area contributed by atoms with Crippen molar-refractivity contribution >= 4 is 23.7 Å². The first-order chi connectivity index (χ1) is 16.3. The molecule has 1 heterocycles. The molecule has 0 bridgehead atoms. The van der Waals surface area contributed by atoms with Crippen LogP contribution in [0.15, 0.2) is 12.3 Å². The molecule has 0 spiro atoms. The average molecular weight is 496 g/mol. The smallest absolute Gasteiger partial charge is 0.408 e. The number of hydrogen-bond acceptors (Lipinski definition) is 6. The van der Waals surface area contributed by atoms with Gasteiger partial charge in [0.25, 0.3) is 0 Å². The van der Waals surface area contributed by atoms with E-state index in [0.29, 0.717) is 31.5 Å². The van der Waals surface area contributed by atoms with E-state index in [0.717, 1.165) is 19.3 Å². The second-order valence-corrected chi connectivity index (χ2v) is 10.9. The van der Waals surface area contributed by atoms with Crippen molar-refractivity contribution in [3.05, 3.63) is 12.3 Å². The van der Waals surface area contributed by atoms with Crippen molar-refractivity contribution in [2.24, 2.45) is 13.0 Å². The van der Waals surface area contributed by atoms with Crippen LogP contribution >= 0.6 is 0 Å². The molecular formula is C24H38FN5O5. The Kier molecular flexibility index (Phi) is 8.08. The lowest BCUT2D eigenvalue weighted by Gasteiger charge is -2.47. The predicted octanol–water partition coefficient (Wildman–Crippen LogP) is 2.57. The number of alkyl halides is 1. The van der Waals surface area contributed by atoms with Crippen molar-refractivity contribution in [1.29, 1.82) is 0 Å². The minimum atomic E-state index is -1.56. The van der Waals surface area contributed by atoms with E-state index in [4.69, 9.17) is 4.74 Å². The highest BCUT2D eigenvalue weighted by atomic mass is 19.1. The first-order valence-electron chi connectivity index (χ1n) is 12.3. The molecule has 10 nitrogen and oxygen atoms in total. The van der Waals surface area contributed by atoms with E-state index in [9.17, 15) is 19.5 Å². The topological polar surface area (TPSA) is 135 Å². The zero-order chi connectivity index (χ0) is 25.9. The number of anilines is 1. The molecule has 0 aromatic carbocycles. The van der Waals surface area contributed by atoms with Crippen molar-refractivity contribution < 1.29 is 28.6 Å². The van der Waals surface area contributed by atoms with Gasteiger partial charge in [0.15, 0.2) is 5.82 Å². The molecule has 2 fully saturated rings. The molecular weight excluding hydrogens is 457 g/mol. The van der Waals surface area contributed by atoms with E-state index in [1.54, 1.807) is 40.1 Å². The quantitative estimate of drug-likeness (QED) is 0.416. The normalized spacial score (nSPS) is 20.3. The SMILES string of the molecule is Cn1ccc(NC(=O)C(CO)C2(NC(=O)C(CC3(F)CCCC3)NC(=O)OC(C)(C)C)CCC2)n1. The molecule has 2 atom stereocenters. The molecule has 3 rings (SSSR count). The summed E-state index contributed by atoms with van der Waals surface area (Å²) in [5.41, 5.74) is -3.35. The molecule has 1 aromatic heterocycles. The summed E-state index contributed by atoms with van der Waals surface area (Å²) in [6.07, 6.45) is 4.47. The molecule has 2 aliphatic carbocycles. The summed E-state index contributed by atoms with van der Waals surface area (Å²) >= 11 is 0. The Morgan fingerprint density at radius 1 is 1.17 bits per heavy atom. The Morgan fingerprint density at radius 3 is 2.31 bits per heavy atom. The summed E-state index contributed by atoms with van der Waals surface area (Å²) < 4.78 is 22.2. The van der Waals surface area contributed by atoms with Crippen LogP contribution in [-0.2, 0) is 21.4 Å². The fourth-order valence-electron chi connectivity index (χ4n) is 4.89. The molecule has 2 saturated carbocycles. The lowest BCUT2D eigenvalue weighted by Crippen LogP contribution is -2.65. The Bertz CT molecular complexity index is 918. The number of carbonyl (C=O) groups is 3. The lowest BCUT2D eigenvalue weighted by molar-refractivity contribution is -0.133. The van der Waals surface area contributed by atoms with Gasteiger partial charge >= 0.3 is 6.09 Å². The third-order valence-corrected chi connectivity index (χ3v) is 6.83. The van der Waals surface area contributed by atoms with Gasteiger partial charge in [0.2, 0.25) is 11.8 Å². The Hall–Kier alpha value is -2.69. The number of carbonyl (C=O) groups excluding carboxylic acids is 3. The maximum absolute atomic E-state index is 15.4. The van der Waals surface area contributed by atoms with Gasteiger partial charge in [-0.1, -0.05) is 12.8 Å². The van der Waals surface area contributed by atoms with E-state index < -0.39 is 53.3 Å². The number of aryl methyl sites for hydroxylation is 1. The molecule has 4 N–H and O–H groups in total. The maximum atomic E-state index is 15.4. The van der Waals surface area contributed by atoms with Gasteiger partial charge in [-0.15, -0.1) is 0 Å². The molecule has 3 amide bonds. The number of aliphatic hydroxyl groups excluding tert-OH is 1. The van der Waals surface area contributed by atoms with Crippen LogP contribution in [0.3, 0.4) is 0 Å². The molecule has 2 unspecified atom stereocenters. The molecule has 11 heteroatoms. The average Bonchev–Trinajstić information content (AvgIpc) is 3.32. The van der Waals surface area contributed by atoms with Gasteiger partial charge in [-0.25, -0.2) is 9.18 Å². The first-order valence-corrected chi connectivity index (χ1v) is 12.3. The Morgan fingerprint density at radius 2 is 1.83 bits per heavy atom. The van der Waals surface area contributed by atoms with Gasteiger partial charge in [0.1, 0.15) is 17.3 Å². The van der Waals surface area contributed by atoms with E-state index in [1.807, 2.05) is 0 Å². The number of nitrogens with one attached hydrogen (secondary N) is 3. The van der Waals surface area contributed by atoms with Crippen LogP contribution < -0.4 is 16.0 Å². The van der Waals surface area contributed by atoms with E-state index in [2.05, 4.69) is 21.0 Å². The van der Waals surface area contributed by atoms with E-state index >= 15 is 4.39 Å². The van der Waals surface area contributed by atoms with Gasteiger partial charge in [0, 0.05) is 25.7 Å². The summed E-state index contributed by atoms with van der Waals surface area (Å²) in [6.45, 7) is 4.61. The van der Waals surface area contributed by atoms with Gasteiger partial charge in [-0.3, -0.25) is 14.3 Å². The summed E-state index contributed by atoms with van der Waals surface area (Å²) in [5.74, 6) is -1.67. The molecule has 0 aliphatic heterocycles. The van der Waals surface area contributed by atoms with Crippen molar-refractivity contribution in [2.45, 2.75) is 95.0 Å². The van der Waals surface area contributed by atoms with Crippen LogP contribution in [0, 0.1) is 5.92 Å². The molecule has 0 saturated heterocycles. The van der Waals surface area contributed by atoms with Gasteiger partial charge in [0.05, 0.1) is 18.1 Å². The minimum absolute atomic E-state index is 0.182. The summed E-state index contributed by atoms with van der Waals surface area (Å²) in [5, 5.41) is 22.3. The van der Waals surface area contributed by atoms with E-state index in [-0.39, 0.29) is 6.42 Å². The van der Waals surface area contributed by atoms with Crippen LogP contribution in [0.1, 0.15) is 72.1 Å². The second-order valence-electron chi connectivity index (χ2n) is 10.9. The number of amides is 3. The Balaban J connectivity index is 1.75. The van der Waals surface area contributed by atoms with E-state index in [1.165, 1.54) is 4.68 Å². The Labute approximate surface area is 205 Å². The van der Waals surface area contributed by atoms with Crippen LogP contribution in [-0.4, -0.2) is 62.3 Å². The fraction of sp³-hybridized carbons (Fsp3) is 0.750. The van der Waals surface area contributed by atoms with Gasteiger partial charge in [-0.05, 0) is 52.9 Å². The number of aromatic nitrogens is 2. The number of hydrogen-bond donors (Lipinski definition) is 4. The number of aliphatic hydroxyl groups is 1. The number of nitrogens with zero attached hydrogens (tertiary/aromatic N) is 2. The van der Waals surface area contributed by atoms with Crippen LogP contribution in [0.5, 0.6) is 0 Å². The lowest BCUT2D eigenvalue weighted by atomic mass is 9.67. The number of ether oxygens (including phenoxy) is 1. The maximum Gasteiger partial charge on any atom is 0.408 e. The zero-order valence-corrected chi connectivity index (χ0v) is 21.0. The molecule has 196 valence electrons. The largest absolute Gasteiger partial charge is 0.444 e. The van der Waals surface area contributed by atoms with Crippen LogP contribution in [0.2, 0.25) is 0 Å². The molecule has 35 heavy (non-hydrogen) atoms. The zero-order valence-electron chi connectivity index (χ0n) is 21.0. The number of halogens is 1. The van der Waals surface area contributed by atoms with Crippen LogP contribution in [0.4, 0.5) is 15.0 Å². The van der Waals surface area contributed by atoms with Gasteiger partial charge in [-0.2, -0.15) is 5.10 Å². The highest BCUT2D eigenvalue weighted by Crippen LogP contribution is 2.40. The van der Waals surface area contributed by atoms with Crippen LogP contribution in [0.25, 0.3) is 0 Å². The molecule has 1 aromatic rings. The third kappa shape index (κ3) is 6.93. The predicted molar refractivity (Wildman–Crippen MR) is 127 cm³/mol. The standard InChI is InChI=1S/C24H38FN5O5/c1-22(2,3)35-21(34)26-17(14-23(25)9-5-6-10-23)20(33)28-24(11-7-12-24)16(15-31)19(32)27-18-8-13-30(4)29-18/h8,13,16-17,31H,5-7,9-12,14-15H2,1-4H3,(H,26,34)(H,28,33)(H,27,29,32). The number of rotatable bonds is 9. The second kappa shape index (κ2) is 10.5.